The number of carbonyl (C=O) groups excluding carboxylic acids is 1. The van der Waals surface area contributed by atoms with Gasteiger partial charge in [0.15, 0.2) is 6.10 Å². The van der Waals surface area contributed by atoms with Gasteiger partial charge in [-0.15, -0.1) is 22.7 Å². The molecule has 3 saturated heterocycles. The van der Waals surface area contributed by atoms with Gasteiger partial charge in [-0.25, -0.2) is 4.79 Å². The number of aryl methyl sites for hydroxylation is 1. The van der Waals surface area contributed by atoms with E-state index in [1.54, 1.807) is 16.2 Å². The number of piperidine rings is 3. The molecule has 32 heavy (non-hydrogen) atoms. The number of amides is 1. The number of carbonyl (C=O) groups is 1. The van der Waals surface area contributed by atoms with E-state index < -0.39 is 0 Å². The van der Waals surface area contributed by atoms with Crippen LogP contribution in [0.1, 0.15) is 29.0 Å². The zero-order valence-corrected chi connectivity index (χ0v) is 20.0. The number of nitrogens with zero attached hydrogens (tertiary/aromatic N) is 2. The van der Waals surface area contributed by atoms with Crippen LogP contribution in [0, 0.1) is 5.92 Å². The van der Waals surface area contributed by atoms with Gasteiger partial charge in [0.1, 0.15) is 6.54 Å². The van der Waals surface area contributed by atoms with E-state index in [0.717, 1.165) is 28.0 Å². The van der Waals surface area contributed by atoms with Crippen LogP contribution in [-0.2, 0) is 17.7 Å². The van der Waals surface area contributed by atoms with Gasteiger partial charge in [-0.3, -0.25) is 4.90 Å². The van der Waals surface area contributed by atoms with Crippen LogP contribution in [0.5, 0.6) is 0 Å². The zero-order valence-electron chi connectivity index (χ0n) is 18.4. The molecule has 1 atom stereocenters. The van der Waals surface area contributed by atoms with Crippen LogP contribution in [0.15, 0.2) is 65.4 Å². The van der Waals surface area contributed by atoms with Gasteiger partial charge in [0, 0.05) is 40.6 Å². The van der Waals surface area contributed by atoms with E-state index in [4.69, 9.17) is 4.74 Å². The first-order valence-corrected chi connectivity index (χ1v) is 13.4. The Hall–Kier alpha value is -2.15. The number of hydrogen-bond donors (Lipinski definition) is 0. The van der Waals surface area contributed by atoms with E-state index in [1.807, 2.05) is 47.7 Å². The Labute approximate surface area is 198 Å². The summed E-state index contributed by atoms with van der Waals surface area (Å²) in [5, 5.41) is 4.22. The van der Waals surface area contributed by atoms with Gasteiger partial charge >= 0.3 is 6.09 Å². The summed E-state index contributed by atoms with van der Waals surface area (Å²) in [7, 11) is 0. The van der Waals surface area contributed by atoms with Crippen LogP contribution in [-0.4, -0.2) is 42.9 Å². The number of quaternary nitrogens is 1. The fourth-order valence-corrected chi connectivity index (χ4v) is 6.78. The first-order chi connectivity index (χ1) is 15.7. The van der Waals surface area contributed by atoms with Crippen molar-refractivity contribution in [3.05, 3.63) is 75.1 Å². The van der Waals surface area contributed by atoms with Gasteiger partial charge < -0.3 is 9.22 Å². The lowest BCUT2D eigenvalue weighted by Gasteiger charge is -2.52. The predicted octanol–water partition coefficient (Wildman–Crippen LogP) is 6.19. The quantitative estimate of drug-likeness (QED) is 0.370. The normalized spacial score (nSPS) is 24.4. The summed E-state index contributed by atoms with van der Waals surface area (Å²) in [5.41, 5.74) is 0.895. The number of anilines is 1. The van der Waals surface area contributed by atoms with E-state index in [0.29, 0.717) is 12.5 Å². The largest absolute Gasteiger partial charge is 0.440 e. The molecule has 6 heteroatoms. The highest BCUT2D eigenvalue weighted by Gasteiger charge is 2.47. The fourth-order valence-electron chi connectivity index (χ4n) is 5.33. The zero-order chi connectivity index (χ0) is 21.8. The van der Waals surface area contributed by atoms with Crippen molar-refractivity contribution in [2.24, 2.45) is 5.92 Å². The first-order valence-electron chi connectivity index (χ1n) is 11.6. The molecule has 4 nitrogen and oxygen atoms in total. The maximum atomic E-state index is 13.4. The Morgan fingerprint density at radius 2 is 1.69 bits per heavy atom. The van der Waals surface area contributed by atoms with Crippen molar-refractivity contribution in [2.45, 2.75) is 38.3 Å². The minimum Gasteiger partial charge on any atom is -0.440 e. The Bertz CT molecular complexity index is 980. The van der Waals surface area contributed by atoms with Crippen LogP contribution in [0.4, 0.5) is 10.5 Å². The molecule has 1 amide bonds. The molecule has 0 spiro atoms. The topological polar surface area (TPSA) is 29.5 Å². The first kappa shape index (κ1) is 21.7. The van der Waals surface area contributed by atoms with Gasteiger partial charge in [-0.2, -0.15) is 0 Å². The second kappa shape index (κ2) is 9.77. The molecule has 0 radical (unpaired) electrons. The number of thiophene rings is 2. The highest BCUT2D eigenvalue weighted by molar-refractivity contribution is 7.10. The number of hydrogen-bond acceptors (Lipinski definition) is 4. The van der Waals surface area contributed by atoms with Gasteiger partial charge in [-0.05, 0) is 41.4 Å². The Balaban J connectivity index is 1.25. The van der Waals surface area contributed by atoms with Gasteiger partial charge in [-0.1, -0.05) is 30.3 Å². The molecule has 1 unspecified atom stereocenters. The molecule has 1 aromatic carbocycles. The molecule has 0 saturated carbocycles. The van der Waals surface area contributed by atoms with Crippen molar-refractivity contribution in [1.82, 2.24) is 0 Å². The van der Waals surface area contributed by atoms with Gasteiger partial charge in [0.25, 0.3) is 0 Å². The Kier molecular flexibility index (Phi) is 6.62. The fraction of sp³-hybridized carbons (Fsp3) is 0.423. The molecule has 3 aliphatic rings. The third-order valence-electron chi connectivity index (χ3n) is 7.11. The van der Waals surface area contributed by atoms with E-state index >= 15 is 0 Å². The Morgan fingerprint density at radius 3 is 2.38 bits per heavy atom. The van der Waals surface area contributed by atoms with Crippen molar-refractivity contribution in [1.29, 1.82) is 0 Å². The molecule has 5 heterocycles. The van der Waals surface area contributed by atoms with Crippen molar-refractivity contribution in [2.75, 3.05) is 31.1 Å². The smallest absolute Gasteiger partial charge is 0.415 e. The monoisotopic (exact) mass is 467 g/mol. The van der Waals surface area contributed by atoms with E-state index in [-0.39, 0.29) is 12.2 Å². The number of benzene rings is 1. The average molecular weight is 468 g/mol. The molecule has 0 aliphatic carbocycles. The van der Waals surface area contributed by atoms with Gasteiger partial charge in [0.2, 0.25) is 0 Å². The summed E-state index contributed by atoms with van der Waals surface area (Å²) in [6.07, 6.45) is 4.54. The number of para-hydroxylation sites is 1. The second-order valence-corrected chi connectivity index (χ2v) is 11.2. The van der Waals surface area contributed by atoms with Crippen LogP contribution in [0.25, 0.3) is 0 Å². The van der Waals surface area contributed by atoms with E-state index in [9.17, 15) is 4.79 Å². The minimum absolute atomic E-state index is 0.0290. The standard InChI is InChI=1S/C26H31N2O2S2/c29-26(27(19-24-11-6-18-32-24)22-7-2-1-3-8-22)30-25-20-28(15-12-21(25)13-16-28)14-4-9-23-10-5-17-31-23/h1-3,5-8,10-11,17-18,21,25H,4,9,12-16,19-20H2/q+1. The molecule has 6 rings (SSSR count). The van der Waals surface area contributed by atoms with Crippen molar-refractivity contribution >= 4 is 34.5 Å². The molecule has 0 N–H and O–H groups in total. The van der Waals surface area contributed by atoms with Crippen molar-refractivity contribution in [3.63, 3.8) is 0 Å². The molecule has 3 aromatic rings. The van der Waals surface area contributed by atoms with Crippen LogP contribution in [0.3, 0.4) is 0 Å². The summed E-state index contributed by atoms with van der Waals surface area (Å²) < 4.78 is 7.37. The second-order valence-electron chi connectivity index (χ2n) is 9.14. The SMILES string of the molecule is O=C(OC1C[N+]2(CCCc3cccs3)CCC1CC2)N(Cc1cccs1)c1ccccc1. The van der Waals surface area contributed by atoms with Crippen molar-refractivity contribution < 1.29 is 14.0 Å². The lowest BCUT2D eigenvalue weighted by molar-refractivity contribution is -0.946. The summed E-state index contributed by atoms with van der Waals surface area (Å²) in [6, 6.07) is 18.4. The molecular weight excluding hydrogens is 436 g/mol. The highest BCUT2D eigenvalue weighted by Crippen LogP contribution is 2.36. The van der Waals surface area contributed by atoms with E-state index in [1.165, 1.54) is 43.8 Å². The molecule has 2 bridgehead atoms. The number of rotatable bonds is 8. The number of fused-ring (bicyclic) bond motifs is 3. The molecule has 3 fully saturated rings. The van der Waals surface area contributed by atoms with Crippen LogP contribution in [0.2, 0.25) is 0 Å². The molecular formula is C26H31N2O2S2+. The molecule has 3 aliphatic heterocycles. The Morgan fingerprint density at radius 1 is 0.969 bits per heavy atom. The predicted molar refractivity (Wildman–Crippen MR) is 132 cm³/mol. The maximum absolute atomic E-state index is 13.4. The van der Waals surface area contributed by atoms with Gasteiger partial charge in [0.05, 0.1) is 26.2 Å². The third kappa shape index (κ3) is 4.92. The molecule has 168 valence electrons. The maximum Gasteiger partial charge on any atom is 0.415 e. The lowest BCUT2D eigenvalue weighted by atomic mass is 9.83. The van der Waals surface area contributed by atoms with E-state index in [2.05, 4.69) is 29.0 Å². The van der Waals surface area contributed by atoms with Crippen molar-refractivity contribution in [3.8, 4) is 0 Å². The highest BCUT2D eigenvalue weighted by atomic mass is 32.1. The lowest BCUT2D eigenvalue weighted by Crippen LogP contribution is -2.65. The average Bonchev–Trinajstić information content (AvgIpc) is 3.53. The summed E-state index contributed by atoms with van der Waals surface area (Å²) >= 11 is 3.53. The van der Waals surface area contributed by atoms with Crippen LogP contribution < -0.4 is 4.90 Å². The third-order valence-corrected chi connectivity index (χ3v) is 8.91. The molecule has 2 aromatic heterocycles. The summed E-state index contributed by atoms with van der Waals surface area (Å²) in [4.78, 5) is 17.8. The minimum atomic E-state index is -0.208. The van der Waals surface area contributed by atoms with Crippen LogP contribution >= 0.6 is 22.7 Å². The number of ether oxygens (including phenoxy) is 1. The summed E-state index contributed by atoms with van der Waals surface area (Å²) in [6.45, 7) is 5.19. The summed E-state index contributed by atoms with van der Waals surface area (Å²) in [5.74, 6) is 0.510.